The van der Waals surface area contributed by atoms with Crippen LogP contribution in [-0.4, -0.2) is 22.6 Å². The molecule has 5 heteroatoms. The highest BCUT2D eigenvalue weighted by atomic mass is 35.5. The van der Waals surface area contributed by atoms with Crippen molar-refractivity contribution in [1.82, 2.24) is 4.98 Å². The molecule has 0 radical (unpaired) electrons. The normalized spacial score (nSPS) is 12.4. The number of hydrogen-bond acceptors (Lipinski definition) is 3. The molecule has 1 unspecified atom stereocenters. The monoisotopic (exact) mass is 214 g/mol. The van der Waals surface area contributed by atoms with Crippen LogP contribution in [-0.2, 0) is 4.79 Å². The summed E-state index contributed by atoms with van der Waals surface area (Å²) in [5.41, 5.74) is 6.27. The lowest BCUT2D eigenvalue weighted by Crippen LogP contribution is -2.16. The second-order valence-electron chi connectivity index (χ2n) is 2.94. The molecule has 0 amide bonds. The van der Waals surface area contributed by atoms with Crippen molar-refractivity contribution >= 4 is 17.6 Å². The van der Waals surface area contributed by atoms with Crippen molar-refractivity contribution in [1.29, 1.82) is 0 Å². The molecule has 1 aromatic rings. The van der Waals surface area contributed by atoms with Crippen molar-refractivity contribution in [3.8, 4) is 0 Å². The van der Waals surface area contributed by atoms with Crippen molar-refractivity contribution in [2.75, 3.05) is 6.54 Å². The van der Waals surface area contributed by atoms with Crippen LogP contribution in [0.4, 0.5) is 0 Å². The number of carboxylic acids is 1. The topological polar surface area (TPSA) is 76.2 Å². The van der Waals surface area contributed by atoms with Crippen molar-refractivity contribution in [3.05, 3.63) is 29.0 Å². The largest absolute Gasteiger partial charge is 0.481 e. The predicted octanol–water partition coefficient (Wildman–Crippen LogP) is 1.25. The number of carboxylic acid groups (broad SMARTS) is 1. The molecule has 1 atom stereocenters. The van der Waals surface area contributed by atoms with Gasteiger partial charge in [0.1, 0.15) is 5.15 Å². The molecule has 1 aromatic heterocycles. The number of aliphatic carboxylic acids is 1. The highest BCUT2D eigenvalue weighted by molar-refractivity contribution is 6.29. The fraction of sp³-hybridized carbons (Fsp3) is 0.333. The van der Waals surface area contributed by atoms with Gasteiger partial charge in [-0.2, -0.15) is 0 Å². The molecular formula is C9H11ClN2O2. The van der Waals surface area contributed by atoms with Crippen molar-refractivity contribution in [2.45, 2.75) is 12.3 Å². The first-order valence-electron chi connectivity index (χ1n) is 4.16. The molecule has 0 saturated heterocycles. The molecule has 14 heavy (non-hydrogen) atoms. The molecule has 0 saturated carbocycles. The van der Waals surface area contributed by atoms with Crippen LogP contribution in [0.1, 0.15) is 17.9 Å². The zero-order valence-electron chi connectivity index (χ0n) is 7.48. The smallest absolute Gasteiger partial charge is 0.304 e. The lowest BCUT2D eigenvalue weighted by molar-refractivity contribution is -0.137. The van der Waals surface area contributed by atoms with Gasteiger partial charge in [0.05, 0.1) is 6.42 Å². The molecule has 3 N–H and O–H groups in total. The molecule has 0 aliphatic rings. The van der Waals surface area contributed by atoms with E-state index in [4.69, 9.17) is 22.4 Å². The Labute approximate surface area is 86.7 Å². The summed E-state index contributed by atoms with van der Waals surface area (Å²) in [6.07, 6.45) is 1.57. The van der Waals surface area contributed by atoms with E-state index in [1.165, 1.54) is 0 Å². The number of carbonyl (C=O) groups is 1. The minimum atomic E-state index is -0.865. The first-order valence-corrected chi connectivity index (χ1v) is 4.54. The summed E-state index contributed by atoms with van der Waals surface area (Å²) < 4.78 is 0. The van der Waals surface area contributed by atoms with E-state index in [0.29, 0.717) is 5.15 Å². The fourth-order valence-electron chi connectivity index (χ4n) is 1.18. The van der Waals surface area contributed by atoms with Gasteiger partial charge in [-0.25, -0.2) is 4.98 Å². The maximum atomic E-state index is 10.5. The summed E-state index contributed by atoms with van der Waals surface area (Å²) in [5, 5.41) is 9.02. The van der Waals surface area contributed by atoms with E-state index in [-0.39, 0.29) is 18.9 Å². The average molecular weight is 215 g/mol. The van der Waals surface area contributed by atoms with E-state index in [1.807, 2.05) is 0 Å². The van der Waals surface area contributed by atoms with Gasteiger partial charge in [0.15, 0.2) is 0 Å². The number of hydrogen-bond donors (Lipinski definition) is 2. The van der Waals surface area contributed by atoms with E-state index in [9.17, 15) is 4.79 Å². The Morgan fingerprint density at radius 1 is 1.64 bits per heavy atom. The van der Waals surface area contributed by atoms with Crippen molar-refractivity contribution in [2.24, 2.45) is 5.73 Å². The number of nitrogens with zero attached hydrogens (tertiary/aromatic N) is 1. The third-order valence-corrected chi connectivity index (χ3v) is 2.15. The molecule has 0 aromatic carbocycles. The highest BCUT2D eigenvalue weighted by Gasteiger charge is 2.13. The Balaban J connectivity index is 2.78. The van der Waals surface area contributed by atoms with Crippen LogP contribution < -0.4 is 5.73 Å². The summed E-state index contributed by atoms with van der Waals surface area (Å²) in [6.45, 7) is 0.287. The zero-order chi connectivity index (χ0) is 10.6. The maximum absolute atomic E-state index is 10.5. The molecule has 1 heterocycles. The zero-order valence-corrected chi connectivity index (χ0v) is 8.24. The van der Waals surface area contributed by atoms with Crippen LogP contribution in [0.3, 0.4) is 0 Å². The number of halogens is 1. The Morgan fingerprint density at radius 3 is 2.79 bits per heavy atom. The van der Waals surface area contributed by atoms with Gasteiger partial charge in [-0.15, -0.1) is 0 Å². The van der Waals surface area contributed by atoms with Crippen molar-refractivity contribution < 1.29 is 9.90 Å². The van der Waals surface area contributed by atoms with Gasteiger partial charge in [-0.3, -0.25) is 4.79 Å². The molecular weight excluding hydrogens is 204 g/mol. The van der Waals surface area contributed by atoms with Crippen LogP contribution in [0.2, 0.25) is 5.15 Å². The fourth-order valence-corrected chi connectivity index (χ4v) is 1.29. The average Bonchev–Trinajstić information content (AvgIpc) is 2.15. The second-order valence-corrected chi connectivity index (χ2v) is 3.33. The first kappa shape index (κ1) is 10.9. The van der Waals surface area contributed by atoms with Crippen LogP contribution in [0.15, 0.2) is 18.3 Å². The van der Waals surface area contributed by atoms with Crippen molar-refractivity contribution in [3.63, 3.8) is 0 Å². The Hall–Kier alpha value is -1.13. The molecule has 0 aliphatic heterocycles. The summed E-state index contributed by atoms with van der Waals surface area (Å²) in [5.74, 6) is -1.06. The standard InChI is InChI=1S/C9H11ClN2O2/c10-8-2-1-6(5-12-8)7(4-11)3-9(13)14/h1-2,5,7H,3-4,11H2,(H,13,14). The third-order valence-electron chi connectivity index (χ3n) is 1.93. The lowest BCUT2D eigenvalue weighted by atomic mass is 9.98. The minimum Gasteiger partial charge on any atom is -0.481 e. The van der Waals surface area contributed by atoms with Gasteiger partial charge in [0.2, 0.25) is 0 Å². The molecule has 0 bridgehead atoms. The van der Waals surface area contributed by atoms with Crippen LogP contribution in [0.25, 0.3) is 0 Å². The quantitative estimate of drug-likeness (QED) is 0.740. The van der Waals surface area contributed by atoms with Crippen LogP contribution >= 0.6 is 11.6 Å². The lowest BCUT2D eigenvalue weighted by Gasteiger charge is -2.11. The number of nitrogens with two attached hydrogens (primary N) is 1. The van der Waals surface area contributed by atoms with Gasteiger partial charge in [0.25, 0.3) is 0 Å². The van der Waals surface area contributed by atoms with Crippen LogP contribution in [0, 0.1) is 0 Å². The summed E-state index contributed by atoms with van der Waals surface area (Å²) in [6, 6.07) is 3.37. The van der Waals surface area contributed by atoms with Gasteiger partial charge in [-0.05, 0) is 18.2 Å². The summed E-state index contributed by atoms with van der Waals surface area (Å²) in [4.78, 5) is 14.4. The summed E-state index contributed by atoms with van der Waals surface area (Å²) >= 11 is 5.61. The Kier molecular flexibility index (Phi) is 3.85. The van der Waals surface area contributed by atoms with Gasteiger partial charge in [0, 0.05) is 12.1 Å². The van der Waals surface area contributed by atoms with E-state index in [0.717, 1.165) is 5.56 Å². The molecule has 76 valence electrons. The highest BCUT2D eigenvalue weighted by Crippen LogP contribution is 2.18. The molecule has 0 spiro atoms. The molecule has 0 aliphatic carbocycles. The number of pyridine rings is 1. The minimum absolute atomic E-state index is 0.0137. The van der Waals surface area contributed by atoms with Crippen LogP contribution in [0.5, 0.6) is 0 Å². The Morgan fingerprint density at radius 2 is 2.36 bits per heavy atom. The van der Waals surface area contributed by atoms with E-state index in [1.54, 1.807) is 18.3 Å². The number of aromatic nitrogens is 1. The molecule has 4 nitrogen and oxygen atoms in total. The molecule has 1 rings (SSSR count). The first-order chi connectivity index (χ1) is 6.63. The van der Waals surface area contributed by atoms with E-state index < -0.39 is 5.97 Å². The number of rotatable bonds is 4. The van der Waals surface area contributed by atoms with E-state index >= 15 is 0 Å². The molecule has 0 fully saturated rings. The third kappa shape index (κ3) is 2.97. The van der Waals surface area contributed by atoms with Gasteiger partial charge < -0.3 is 10.8 Å². The Bertz CT molecular complexity index is 313. The maximum Gasteiger partial charge on any atom is 0.304 e. The SMILES string of the molecule is NCC(CC(=O)O)c1ccc(Cl)nc1. The van der Waals surface area contributed by atoms with E-state index in [2.05, 4.69) is 4.98 Å². The summed E-state index contributed by atoms with van der Waals surface area (Å²) in [7, 11) is 0. The predicted molar refractivity (Wildman–Crippen MR) is 53.3 cm³/mol. The van der Waals surface area contributed by atoms with Gasteiger partial charge in [-0.1, -0.05) is 17.7 Å². The van der Waals surface area contributed by atoms with Gasteiger partial charge >= 0.3 is 5.97 Å². The second kappa shape index (κ2) is 4.93.